The summed E-state index contributed by atoms with van der Waals surface area (Å²) in [5.74, 6) is -0.253. The summed E-state index contributed by atoms with van der Waals surface area (Å²) in [4.78, 5) is 0. The van der Waals surface area contributed by atoms with Gasteiger partial charge in [-0.25, -0.2) is 5.53 Å². The van der Waals surface area contributed by atoms with Crippen molar-refractivity contribution in [2.75, 3.05) is 18.5 Å². The van der Waals surface area contributed by atoms with E-state index in [2.05, 4.69) is 102 Å². The molecular weight excluding hydrogens is 490 g/mol. The minimum atomic E-state index is -1.11. The quantitative estimate of drug-likeness (QED) is 0.156. The van der Waals surface area contributed by atoms with Crippen molar-refractivity contribution < 1.29 is 14.6 Å². The monoisotopic (exact) mass is 531 g/mol. The van der Waals surface area contributed by atoms with E-state index in [1.165, 1.54) is 38.9 Å². The van der Waals surface area contributed by atoms with Gasteiger partial charge in [-0.2, -0.15) is 5.43 Å². The van der Waals surface area contributed by atoms with E-state index in [9.17, 15) is 5.11 Å². The number of rotatable bonds is 13. The van der Waals surface area contributed by atoms with Crippen LogP contribution < -0.4 is 21.0 Å². The Balaban J connectivity index is 1.36. The van der Waals surface area contributed by atoms with Gasteiger partial charge in [0.1, 0.15) is 11.9 Å². The van der Waals surface area contributed by atoms with Crippen molar-refractivity contribution in [2.45, 2.75) is 72.4 Å². The number of ether oxygens (including phenoxy) is 2. The summed E-state index contributed by atoms with van der Waals surface area (Å²) < 4.78 is 11.3. The second-order valence-electron chi connectivity index (χ2n) is 10.6. The Hall–Kier alpha value is -3.46. The van der Waals surface area contributed by atoms with Crippen LogP contribution in [-0.2, 0) is 17.7 Å². The maximum absolute atomic E-state index is 9.66. The molecule has 1 aliphatic rings. The van der Waals surface area contributed by atoms with Crippen molar-refractivity contribution in [1.29, 1.82) is 0 Å². The molecule has 3 aromatic carbocycles. The first-order chi connectivity index (χ1) is 18.7. The normalized spacial score (nSPS) is 14.9. The highest BCUT2D eigenvalue weighted by molar-refractivity contribution is 5.75. The second kappa shape index (κ2) is 13.1. The van der Waals surface area contributed by atoms with Crippen LogP contribution in [0.4, 0.5) is 5.69 Å². The molecule has 1 atom stereocenters. The second-order valence-corrected chi connectivity index (χ2v) is 10.6. The Labute approximate surface area is 231 Å². The Morgan fingerprint density at radius 1 is 1.00 bits per heavy atom. The molecule has 0 amide bonds. The van der Waals surface area contributed by atoms with E-state index in [0.717, 1.165) is 30.8 Å². The largest absolute Gasteiger partial charge is 0.493 e. The van der Waals surface area contributed by atoms with Crippen LogP contribution in [0.2, 0.25) is 0 Å². The van der Waals surface area contributed by atoms with Crippen LogP contribution in [0, 0.1) is 20.8 Å². The standard InChI is InChI=1S/C31H41N5O3/c1-21-18-27(38-16-7-17-39-31(4,5)37)19-22(2)30(21)28-9-6-8-25(23(28)3)20-32-26-13-10-24(11-14-26)12-15-29-33-35-36-34-29/h6,8-11,13-14,18-19,29,32,37H,7,12,15-17,20H2,1-5H3,(H,33,36)(H,34,35). The number of anilines is 1. The number of hydrogen-bond acceptors (Lipinski definition) is 8. The van der Waals surface area contributed by atoms with Crippen molar-refractivity contribution in [3.05, 3.63) is 82.4 Å². The van der Waals surface area contributed by atoms with Gasteiger partial charge >= 0.3 is 0 Å². The lowest BCUT2D eigenvalue weighted by Gasteiger charge is -2.19. The average molecular weight is 532 g/mol. The first-order valence-corrected chi connectivity index (χ1v) is 13.6. The lowest BCUT2D eigenvalue weighted by atomic mass is 9.90. The van der Waals surface area contributed by atoms with Gasteiger partial charge in [0.05, 0.1) is 13.2 Å². The predicted octanol–water partition coefficient (Wildman–Crippen LogP) is 6.14. The van der Waals surface area contributed by atoms with Gasteiger partial charge < -0.3 is 19.9 Å². The third-order valence-corrected chi connectivity index (χ3v) is 6.86. The molecule has 1 aliphatic heterocycles. The molecule has 3 aromatic rings. The fourth-order valence-electron chi connectivity index (χ4n) is 4.80. The minimum Gasteiger partial charge on any atom is -0.493 e. The number of hydrazine groups is 1. The zero-order chi connectivity index (χ0) is 27.8. The van der Waals surface area contributed by atoms with Gasteiger partial charge in [0.2, 0.25) is 0 Å². The summed E-state index contributed by atoms with van der Waals surface area (Å²) in [5.41, 5.74) is 15.5. The maximum atomic E-state index is 9.66. The lowest BCUT2D eigenvalue weighted by Crippen LogP contribution is -2.30. The molecule has 1 heterocycles. The van der Waals surface area contributed by atoms with E-state index in [-0.39, 0.29) is 6.17 Å². The molecule has 0 aliphatic carbocycles. The van der Waals surface area contributed by atoms with E-state index in [4.69, 9.17) is 9.47 Å². The van der Waals surface area contributed by atoms with Crippen molar-refractivity contribution in [3.8, 4) is 16.9 Å². The number of aliphatic hydroxyl groups is 1. The molecule has 208 valence electrons. The third kappa shape index (κ3) is 8.26. The molecule has 0 fully saturated rings. The topological polar surface area (TPSA) is 99.5 Å². The Kier molecular flexibility index (Phi) is 9.56. The van der Waals surface area contributed by atoms with Gasteiger partial charge in [-0.15, -0.1) is 5.11 Å². The van der Waals surface area contributed by atoms with Crippen LogP contribution in [0.1, 0.15) is 54.5 Å². The van der Waals surface area contributed by atoms with Gasteiger partial charge in [0.15, 0.2) is 5.79 Å². The van der Waals surface area contributed by atoms with E-state index < -0.39 is 5.79 Å². The molecule has 0 saturated heterocycles. The number of nitrogens with zero attached hydrogens (tertiary/aromatic N) is 2. The zero-order valence-electron chi connectivity index (χ0n) is 23.7. The molecule has 0 aromatic heterocycles. The summed E-state index contributed by atoms with van der Waals surface area (Å²) in [6.07, 6.45) is 2.60. The molecule has 8 heteroatoms. The molecule has 4 N–H and O–H groups in total. The molecule has 8 nitrogen and oxygen atoms in total. The van der Waals surface area contributed by atoms with Crippen molar-refractivity contribution in [1.82, 2.24) is 11.0 Å². The van der Waals surface area contributed by atoms with Crippen LogP contribution in [0.5, 0.6) is 5.75 Å². The van der Waals surface area contributed by atoms with Crippen LogP contribution in [0.3, 0.4) is 0 Å². The molecule has 0 radical (unpaired) electrons. The zero-order valence-corrected chi connectivity index (χ0v) is 23.7. The lowest BCUT2D eigenvalue weighted by molar-refractivity contribution is -0.176. The van der Waals surface area contributed by atoms with Gasteiger partial charge in [-0.3, -0.25) is 0 Å². The van der Waals surface area contributed by atoms with Gasteiger partial charge in [0.25, 0.3) is 0 Å². The molecule has 0 spiro atoms. The Bertz CT molecular complexity index is 1250. The Morgan fingerprint density at radius 2 is 1.74 bits per heavy atom. The number of benzene rings is 3. The predicted molar refractivity (Wildman–Crippen MR) is 155 cm³/mol. The molecule has 1 unspecified atom stereocenters. The first kappa shape index (κ1) is 28.5. The summed E-state index contributed by atoms with van der Waals surface area (Å²) in [7, 11) is 0. The molecule has 0 bridgehead atoms. The molecule has 39 heavy (non-hydrogen) atoms. The summed E-state index contributed by atoms with van der Waals surface area (Å²) in [5, 5.41) is 21.1. The highest BCUT2D eigenvalue weighted by atomic mass is 16.6. The number of aryl methyl sites for hydroxylation is 3. The van der Waals surface area contributed by atoms with E-state index in [0.29, 0.717) is 19.6 Å². The van der Waals surface area contributed by atoms with Crippen LogP contribution in [-0.4, -0.2) is 30.3 Å². The van der Waals surface area contributed by atoms with Crippen LogP contribution >= 0.6 is 0 Å². The molecular formula is C31H41N5O3. The fraction of sp³-hybridized carbons (Fsp3) is 0.419. The summed E-state index contributed by atoms with van der Waals surface area (Å²) >= 11 is 0. The highest BCUT2D eigenvalue weighted by Crippen LogP contribution is 2.34. The smallest absolute Gasteiger partial charge is 0.159 e. The molecule has 0 saturated carbocycles. The van der Waals surface area contributed by atoms with Crippen LogP contribution in [0.15, 0.2) is 64.9 Å². The van der Waals surface area contributed by atoms with E-state index >= 15 is 0 Å². The Morgan fingerprint density at radius 3 is 2.41 bits per heavy atom. The van der Waals surface area contributed by atoms with Gasteiger partial charge in [-0.1, -0.05) is 35.6 Å². The first-order valence-electron chi connectivity index (χ1n) is 13.6. The summed E-state index contributed by atoms with van der Waals surface area (Å²) in [6.45, 7) is 11.5. The van der Waals surface area contributed by atoms with Crippen molar-refractivity contribution in [3.63, 3.8) is 0 Å². The van der Waals surface area contributed by atoms with Crippen LogP contribution in [0.25, 0.3) is 11.1 Å². The third-order valence-electron chi connectivity index (χ3n) is 6.86. The number of hydrogen-bond donors (Lipinski definition) is 4. The van der Waals surface area contributed by atoms with E-state index in [1.54, 1.807) is 13.8 Å². The van der Waals surface area contributed by atoms with Crippen molar-refractivity contribution >= 4 is 5.69 Å². The summed E-state index contributed by atoms with van der Waals surface area (Å²) in [6, 6.07) is 19.4. The number of nitrogens with one attached hydrogen (secondary N) is 3. The van der Waals surface area contributed by atoms with E-state index in [1.807, 2.05) is 0 Å². The SMILES string of the molecule is Cc1cc(OCCCOC(C)(C)O)cc(C)c1-c1cccc(CNc2ccc(CCC3N=NNN3)cc2)c1C. The minimum absolute atomic E-state index is 0.0411. The van der Waals surface area contributed by atoms with Gasteiger partial charge in [-0.05, 0) is 111 Å². The maximum Gasteiger partial charge on any atom is 0.159 e. The van der Waals surface area contributed by atoms with Crippen molar-refractivity contribution in [2.24, 2.45) is 10.3 Å². The van der Waals surface area contributed by atoms with Gasteiger partial charge in [0, 0.05) is 18.7 Å². The molecule has 4 rings (SSSR count). The highest BCUT2D eigenvalue weighted by Gasteiger charge is 2.14. The average Bonchev–Trinajstić information content (AvgIpc) is 3.41. The fourth-order valence-corrected chi connectivity index (χ4v) is 4.80.